The highest BCUT2D eigenvalue weighted by atomic mass is 16.5. The molecule has 4 aromatic rings. The van der Waals surface area contributed by atoms with E-state index >= 15 is 0 Å². The Bertz CT molecular complexity index is 1480. The van der Waals surface area contributed by atoms with Crippen LogP contribution in [-0.2, 0) is 14.1 Å². The normalized spacial score (nSPS) is 14.6. The minimum Gasteiger partial charge on any atom is -0.457 e. The SMILES string of the molecule is Cc1c(C(=O)N(C)C2CCN(c3ccc(NC(=O)Nc4ccc(Oc5ccccc5)cc4)cc3)C2)c[n+](C)n1C. The highest BCUT2D eigenvalue weighted by molar-refractivity contribution is 5.99. The second-order valence-corrected chi connectivity index (χ2v) is 10.1. The van der Waals surface area contributed by atoms with E-state index in [2.05, 4.69) is 15.5 Å². The second-order valence-electron chi connectivity index (χ2n) is 10.1. The van der Waals surface area contributed by atoms with E-state index in [-0.39, 0.29) is 18.0 Å². The molecule has 9 heteroatoms. The molecule has 1 aromatic heterocycles. The molecule has 1 unspecified atom stereocenters. The number of urea groups is 1. The lowest BCUT2D eigenvalue weighted by atomic mass is 10.2. The molecule has 1 aliphatic heterocycles. The number of anilines is 3. The summed E-state index contributed by atoms with van der Waals surface area (Å²) < 4.78 is 9.68. The Labute approximate surface area is 234 Å². The van der Waals surface area contributed by atoms with E-state index < -0.39 is 0 Å². The van der Waals surface area contributed by atoms with E-state index in [1.165, 1.54) is 0 Å². The van der Waals surface area contributed by atoms with Gasteiger partial charge in [-0.25, -0.2) is 4.79 Å². The quantitative estimate of drug-likeness (QED) is 0.326. The molecular formula is C31H35N6O3+. The van der Waals surface area contributed by atoms with Crippen LogP contribution in [0.1, 0.15) is 22.5 Å². The van der Waals surface area contributed by atoms with Crippen molar-refractivity contribution in [1.82, 2.24) is 9.58 Å². The number of carbonyl (C=O) groups is 2. The van der Waals surface area contributed by atoms with Crippen molar-refractivity contribution in [1.29, 1.82) is 0 Å². The third kappa shape index (κ3) is 5.93. The van der Waals surface area contributed by atoms with E-state index in [9.17, 15) is 9.59 Å². The summed E-state index contributed by atoms with van der Waals surface area (Å²) in [5, 5.41) is 5.72. The van der Waals surface area contributed by atoms with Gasteiger partial charge in [-0.15, -0.1) is 4.68 Å². The van der Waals surface area contributed by atoms with Gasteiger partial charge in [0, 0.05) is 37.2 Å². The summed E-state index contributed by atoms with van der Waals surface area (Å²) in [5.74, 6) is 1.49. The maximum Gasteiger partial charge on any atom is 0.323 e. The Morgan fingerprint density at radius 3 is 2.12 bits per heavy atom. The van der Waals surface area contributed by atoms with Crippen molar-refractivity contribution in [3.63, 3.8) is 0 Å². The monoisotopic (exact) mass is 539 g/mol. The van der Waals surface area contributed by atoms with E-state index in [0.717, 1.165) is 42.2 Å². The van der Waals surface area contributed by atoms with Gasteiger partial charge in [-0.05, 0) is 74.0 Å². The lowest BCUT2D eigenvalue weighted by Crippen LogP contribution is -2.39. The van der Waals surface area contributed by atoms with Crippen molar-refractivity contribution in [3.05, 3.63) is 96.3 Å². The number of aromatic nitrogens is 2. The zero-order valence-corrected chi connectivity index (χ0v) is 23.3. The number of carbonyl (C=O) groups excluding carboxylic acids is 2. The van der Waals surface area contributed by atoms with Gasteiger partial charge >= 0.3 is 6.03 Å². The van der Waals surface area contributed by atoms with E-state index in [1.54, 1.807) is 12.1 Å². The van der Waals surface area contributed by atoms with Crippen LogP contribution in [0.15, 0.2) is 85.1 Å². The van der Waals surface area contributed by atoms with Crippen LogP contribution in [0.25, 0.3) is 0 Å². The number of amides is 3. The average Bonchev–Trinajstić information content (AvgIpc) is 3.55. The Morgan fingerprint density at radius 2 is 1.52 bits per heavy atom. The molecule has 5 rings (SSSR count). The summed E-state index contributed by atoms with van der Waals surface area (Å²) in [6.45, 7) is 3.59. The van der Waals surface area contributed by atoms with Gasteiger partial charge in [0.1, 0.15) is 17.1 Å². The Kier molecular flexibility index (Phi) is 7.72. The molecule has 1 atom stereocenters. The summed E-state index contributed by atoms with van der Waals surface area (Å²) in [7, 11) is 5.77. The smallest absolute Gasteiger partial charge is 0.323 e. The van der Waals surface area contributed by atoms with Crippen LogP contribution in [0.4, 0.5) is 21.9 Å². The van der Waals surface area contributed by atoms with Crippen molar-refractivity contribution < 1.29 is 19.0 Å². The number of hydrogen-bond donors (Lipinski definition) is 2. The number of para-hydroxylation sites is 1. The van der Waals surface area contributed by atoms with Crippen LogP contribution >= 0.6 is 0 Å². The first kappa shape index (κ1) is 26.8. The number of nitrogens with one attached hydrogen (secondary N) is 2. The maximum atomic E-state index is 13.2. The minimum absolute atomic E-state index is 0.0458. The maximum absolute atomic E-state index is 13.2. The van der Waals surface area contributed by atoms with Crippen LogP contribution < -0.4 is 25.0 Å². The van der Waals surface area contributed by atoms with Gasteiger partial charge in [0.2, 0.25) is 6.20 Å². The number of likely N-dealkylation sites (N-methyl/N-ethyl adjacent to an activating group) is 1. The van der Waals surface area contributed by atoms with Gasteiger partial charge in [0.25, 0.3) is 5.91 Å². The predicted molar refractivity (Wildman–Crippen MR) is 156 cm³/mol. The fraction of sp³-hybridized carbons (Fsp3) is 0.258. The average molecular weight is 540 g/mol. The molecule has 0 bridgehead atoms. The van der Waals surface area contributed by atoms with Gasteiger partial charge in [0.05, 0.1) is 18.8 Å². The summed E-state index contributed by atoms with van der Waals surface area (Å²) in [5.41, 5.74) is 4.11. The zero-order chi connectivity index (χ0) is 28.2. The van der Waals surface area contributed by atoms with Crippen molar-refractivity contribution in [2.24, 2.45) is 14.1 Å². The predicted octanol–water partition coefficient (Wildman–Crippen LogP) is 4.95. The lowest BCUT2D eigenvalue weighted by Gasteiger charge is -2.25. The molecular weight excluding hydrogens is 504 g/mol. The molecule has 1 fully saturated rings. The second kappa shape index (κ2) is 11.5. The van der Waals surface area contributed by atoms with E-state index in [1.807, 2.05) is 115 Å². The van der Waals surface area contributed by atoms with Gasteiger partial charge in [-0.3, -0.25) is 4.79 Å². The third-order valence-corrected chi connectivity index (χ3v) is 7.51. The molecule has 1 aliphatic rings. The first-order valence-corrected chi connectivity index (χ1v) is 13.3. The third-order valence-electron chi connectivity index (χ3n) is 7.51. The van der Waals surface area contributed by atoms with Crippen LogP contribution in [0, 0.1) is 6.92 Å². The number of hydrogen-bond acceptors (Lipinski definition) is 4. The fourth-order valence-corrected chi connectivity index (χ4v) is 4.92. The standard InChI is InChI=1S/C31H34N6O3/c1-22-29(21-34(2)36(22)4)30(38)35(3)26-18-19-37(20-26)25-14-10-23(11-15-25)32-31(39)33-24-12-16-28(17-13-24)40-27-8-6-5-7-9-27/h5-17,21,26H,18-20H2,1-4H3,(H-,32,33,39)/p+1. The molecule has 40 heavy (non-hydrogen) atoms. The Hall–Kier alpha value is -4.79. The molecule has 9 nitrogen and oxygen atoms in total. The van der Waals surface area contributed by atoms with Crippen molar-refractivity contribution in [2.75, 3.05) is 35.7 Å². The lowest BCUT2D eigenvalue weighted by molar-refractivity contribution is -0.751. The van der Waals surface area contributed by atoms with Gasteiger partial charge in [0.15, 0.2) is 7.05 Å². The van der Waals surface area contributed by atoms with Gasteiger partial charge < -0.3 is 25.2 Å². The van der Waals surface area contributed by atoms with Crippen LogP contribution in [0.3, 0.4) is 0 Å². The summed E-state index contributed by atoms with van der Waals surface area (Å²) in [6, 6.07) is 24.3. The summed E-state index contributed by atoms with van der Waals surface area (Å²) in [6.07, 6.45) is 2.79. The molecule has 0 saturated carbocycles. The van der Waals surface area contributed by atoms with Crippen LogP contribution in [-0.4, -0.2) is 47.7 Å². The van der Waals surface area contributed by atoms with E-state index in [0.29, 0.717) is 17.1 Å². The Morgan fingerprint density at radius 1 is 0.925 bits per heavy atom. The van der Waals surface area contributed by atoms with Crippen LogP contribution in [0.5, 0.6) is 11.5 Å². The number of aryl methyl sites for hydroxylation is 1. The first-order chi connectivity index (χ1) is 19.3. The minimum atomic E-state index is -0.324. The molecule has 1 saturated heterocycles. The van der Waals surface area contributed by atoms with Crippen molar-refractivity contribution in [2.45, 2.75) is 19.4 Å². The fourth-order valence-electron chi connectivity index (χ4n) is 4.92. The highest BCUT2D eigenvalue weighted by Gasteiger charge is 2.31. The van der Waals surface area contributed by atoms with E-state index in [4.69, 9.17) is 4.74 Å². The number of nitrogens with zero attached hydrogens (tertiary/aromatic N) is 4. The molecule has 2 N–H and O–H groups in total. The molecule has 0 radical (unpaired) electrons. The zero-order valence-electron chi connectivity index (χ0n) is 23.3. The van der Waals surface area contributed by atoms with Gasteiger partial charge in [-0.2, -0.15) is 4.68 Å². The Balaban J connectivity index is 1.12. The summed E-state index contributed by atoms with van der Waals surface area (Å²) in [4.78, 5) is 29.8. The largest absolute Gasteiger partial charge is 0.457 e. The highest BCUT2D eigenvalue weighted by Crippen LogP contribution is 2.26. The molecule has 0 spiro atoms. The van der Waals surface area contributed by atoms with Crippen molar-refractivity contribution in [3.8, 4) is 11.5 Å². The first-order valence-electron chi connectivity index (χ1n) is 13.3. The number of rotatable bonds is 7. The number of benzene rings is 3. The summed E-state index contributed by atoms with van der Waals surface area (Å²) >= 11 is 0. The molecule has 0 aliphatic carbocycles. The molecule has 206 valence electrons. The molecule has 3 amide bonds. The van der Waals surface area contributed by atoms with Crippen LogP contribution in [0.2, 0.25) is 0 Å². The van der Waals surface area contributed by atoms with Gasteiger partial charge in [-0.1, -0.05) is 18.2 Å². The number of ether oxygens (including phenoxy) is 1. The van der Waals surface area contributed by atoms with Crippen molar-refractivity contribution >= 4 is 29.0 Å². The topological polar surface area (TPSA) is 82.7 Å². The molecule has 2 heterocycles. The molecule has 3 aromatic carbocycles.